The summed E-state index contributed by atoms with van der Waals surface area (Å²) >= 11 is 1.37. The lowest BCUT2D eigenvalue weighted by molar-refractivity contribution is -0.148. The Morgan fingerprint density at radius 2 is 2.10 bits per heavy atom. The maximum atomic E-state index is 11.9. The van der Waals surface area contributed by atoms with Gasteiger partial charge in [-0.3, -0.25) is 9.59 Å². The average Bonchev–Trinajstić information content (AvgIpc) is 2.88. The first-order valence-electron chi connectivity index (χ1n) is 7.00. The highest BCUT2D eigenvalue weighted by Gasteiger charge is 2.34. The van der Waals surface area contributed by atoms with Crippen molar-refractivity contribution in [3.8, 4) is 0 Å². The highest BCUT2D eigenvalue weighted by molar-refractivity contribution is 7.13. The number of thiazole rings is 1. The Morgan fingerprint density at radius 3 is 2.67 bits per heavy atom. The number of amides is 1. The largest absolute Gasteiger partial charge is 0.465 e. The summed E-state index contributed by atoms with van der Waals surface area (Å²) in [5.41, 5.74) is -0.169. The van der Waals surface area contributed by atoms with Gasteiger partial charge in [-0.05, 0) is 34.6 Å². The normalized spacial score (nSPS) is 12.6. The van der Waals surface area contributed by atoms with E-state index in [1.807, 2.05) is 12.3 Å². The minimum Gasteiger partial charge on any atom is -0.465 e. The molecule has 0 saturated heterocycles. The molecule has 1 aromatic rings. The van der Waals surface area contributed by atoms with Gasteiger partial charge in [0.2, 0.25) is 5.91 Å². The van der Waals surface area contributed by atoms with Crippen LogP contribution in [-0.4, -0.2) is 36.1 Å². The molecule has 0 spiro atoms. The first kappa shape index (κ1) is 17.4. The second-order valence-electron chi connectivity index (χ2n) is 5.14. The van der Waals surface area contributed by atoms with Crippen molar-refractivity contribution < 1.29 is 14.3 Å². The zero-order valence-electron chi connectivity index (χ0n) is 13.1. The van der Waals surface area contributed by atoms with Gasteiger partial charge in [0.1, 0.15) is 11.5 Å². The molecule has 0 saturated carbocycles. The molecule has 0 fully saturated rings. The standard InChI is InChI=1S/C14H23N3O3S/c1-6-15-11(18)9(3)16-13-17-10(8-21-13)14(4,5)12(19)20-7-2/h8-9H,6-7H2,1-5H3,(H,15,18)(H,16,17). The second kappa shape index (κ2) is 7.40. The molecule has 0 aliphatic rings. The molecule has 0 radical (unpaired) electrons. The van der Waals surface area contributed by atoms with Gasteiger partial charge >= 0.3 is 5.97 Å². The third kappa shape index (κ3) is 4.42. The second-order valence-corrected chi connectivity index (χ2v) is 6.00. The summed E-state index contributed by atoms with van der Waals surface area (Å²) in [5, 5.41) is 8.19. The number of ether oxygens (including phenoxy) is 1. The van der Waals surface area contributed by atoms with Crippen molar-refractivity contribution in [2.75, 3.05) is 18.5 Å². The third-order valence-electron chi connectivity index (χ3n) is 3.01. The summed E-state index contributed by atoms with van der Waals surface area (Å²) in [6, 6.07) is -0.380. The fourth-order valence-electron chi connectivity index (χ4n) is 1.62. The summed E-state index contributed by atoms with van der Waals surface area (Å²) in [6.07, 6.45) is 0. The smallest absolute Gasteiger partial charge is 0.317 e. The Kier molecular flexibility index (Phi) is 6.14. The van der Waals surface area contributed by atoms with Crippen LogP contribution in [0.2, 0.25) is 0 Å². The Labute approximate surface area is 129 Å². The van der Waals surface area contributed by atoms with Gasteiger partial charge < -0.3 is 15.4 Å². The fraction of sp³-hybridized carbons (Fsp3) is 0.643. The Morgan fingerprint density at radius 1 is 1.43 bits per heavy atom. The number of nitrogens with one attached hydrogen (secondary N) is 2. The topological polar surface area (TPSA) is 80.3 Å². The van der Waals surface area contributed by atoms with Crippen LogP contribution in [0.4, 0.5) is 5.13 Å². The first-order valence-corrected chi connectivity index (χ1v) is 7.88. The summed E-state index contributed by atoms with van der Waals surface area (Å²) in [4.78, 5) is 28.0. The van der Waals surface area contributed by atoms with Gasteiger partial charge in [0.05, 0.1) is 12.3 Å². The van der Waals surface area contributed by atoms with Crippen LogP contribution in [0.15, 0.2) is 5.38 Å². The van der Waals surface area contributed by atoms with E-state index in [4.69, 9.17) is 4.74 Å². The zero-order chi connectivity index (χ0) is 16.0. The van der Waals surface area contributed by atoms with Crippen LogP contribution in [0, 0.1) is 0 Å². The van der Waals surface area contributed by atoms with Gasteiger partial charge in [-0.25, -0.2) is 4.98 Å². The lowest BCUT2D eigenvalue weighted by Gasteiger charge is -2.19. The summed E-state index contributed by atoms with van der Waals surface area (Å²) < 4.78 is 5.06. The van der Waals surface area contributed by atoms with Crippen LogP contribution in [0.3, 0.4) is 0 Å². The van der Waals surface area contributed by atoms with Crippen LogP contribution in [0.1, 0.15) is 40.3 Å². The number of nitrogens with zero attached hydrogens (tertiary/aromatic N) is 1. The van der Waals surface area contributed by atoms with E-state index in [1.54, 1.807) is 27.7 Å². The molecule has 1 rings (SSSR count). The molecule has 1 amide bonds. The molecule has 7 heteroatoms. The maximum absolute atomic E-state index is 11.9. The van der Waals surface area contributed by atoms with Crippen molar-refractivity contribution >= 4 is 28.3 Å². The number of hydrogen-bond acceptors (Lipinski definition) is 6. The lowest BCUT2D eigenvalue weighted by Crippen LogP contribution is -2.37. The molecule has 0 aromatic carbocycles. The van der Waals surface area contributed by atoms with E-state index in [-0.39, 0.29) is 17.9 Å². The number of aromatic nitrogens is 1. The van der Waals surface area contributed by atoms with Crippen LogP contribution >= 0.6 is 11.3 Å². The van der Waals surface area contributed by atoms with Crippen LogP contribution in [-0.2, 0) is 19.7 Å². The van der Waals surface area contributed by atoms with E-state index in [0.29, 0.717) is 24.0 Å². The summed E-state index contributed by atoms with van der Waals surface area (Å²) in [7, 11) is 0. The van der Waals surface area contributed by atoms with Gasteiger partial charge in [-0.1, -0.05) is 0 Å². The Bertz CT molecular complexity index is 499. The molecule has 6 nitrogen and oxygen atoms in total. The van der Waals surface area contributed by atoms with E-state index in [0.717, 1.165) is 0 Å². The fourth-order valence-corrected chi connectivity index (χ4v) is 2.59. The number of rotatable bonds is 7. The van der Waals surface area contributed by atoms with Crippen molar-refractivity contribution in [2.24, 2.45) is 0 Å². The van der Waals surface area contributed by atoms with E-state index in [1.165, 1.54) is 11.3 Å². The zero-order valence-corrected chi connectivity index (χ0v) is 14.0. The van der Waals surface area contributed by atoms with E-state index in [9.17, 15) is 9.59 Å². The van der Waals surface area contributed by atoms with Crippen LogP contribution in [0.5, 0.6) is 0 Å². The van der Waals surface area contributed by atoms with Gasteiger partial charge in [0, 0.05) is 11.9 Å². The number of hydrogen-bond donors (Lipinski definition) is 2. The molecule has 2 N–H and O–H groups in total. The Balaban J connectivity index is 2.77. The molecule has 1 atom stereocenters. The van der Waals surface area contributed by atoms with Crippen molar-refractivity contribution in [1.82, 2.24) is 10.3 Å². The molecular weight excluding hydrogens is 290 g/mol. The summed E-state index contributed by atoms with van der Waals surface area (Å²) in [6.45, 7) is 9.89. The predicted molar refractivity (Wildman–Crippen MR) is 83.5 cm³/mol. The molecule has 0 aliphatic carbocycles. The first-order chi connectivity index (χ1) is 9.82. The average molecular weight is 313 g/mol. The predicted octanol–water partition coefficient (Wildman–Crippen LogP) is 1.92. The number of anilines is 1. The van der Waals surface area contributed by atoms with E-state index >= 15 is 0 Å². The third-order valence-corrected chi connectivity index (χ3v) is 3.79. The molecule has 0 bridgehead atoms. The number of carbonyl (C=O) groups excluding carboxylic acids is 2. The molecule has 118 valence electrons. The number of carbonyl (C=O) groups is 2. The lowest BCUT2D eigenvalue weighted by atomic mass is 9.90. The minimum absolute atomic E-state index is 0.0843. The van der Waals surface area contributed by atoms with Crippen LogP contribution < -0.4 is 10.6 Å². The van der Waals surface area contributed by atoms with Crippen LogP contribution in [0.25, 0.3) is 0 Å². The minimum atomic E-state index is -0.804. The highest BCUT2D eigenvalue weighted by Crippen LogP contribution is 2.28. The van der Waals surface area contributed by atoms with Crippen molar-refractivity contribution in [3.63, 3.8) is 0 Å². The van der Waals surface area contributed by atoms with Gasteiger partial charge in [-0.15, -0.1) is 11.3 Å². The Hall–Kier alpha value is -1.63. The van der Waals surface area contributed by atoms with Gasteiger partial charge in [0.25, 0.3) is 0 Å². The molecule has 21 heavy (non-hydrogen) atoms. The number of esters is 1. The molecule has 1 heterocycles. The van der Waals surface area contributed by atoms with Crippen molar-refractivity contribution in [2.45, 2.75) is 46.1 Å². The molecular formula is C14H23N3O3S. The molecule has 1 unspecified atom stereocenters. The van der Waals surface area contributed by atoms with Crippen molar-refractivity contribution in [3.05, 3.63) is 11.1 Å². The number of likely N-dealkylation sites (N-methyl/N-ethyl adjacent to an activating group) is 1. The van der Waals surface area contributed by atoms with Crippen molar-refractivity contribution in [1.29, 1.82) is 0 Å². The molecule has 0 aliphatic heterocycles. The van der Waals surface area contributed by atoms with E-state index < -0.39 is 5.41 Å². The quantitative estimate of drug-likeness (QED) is 0.752. The van der Waals surface area contributed by atoms with E-state index in [2.05, 4.69) is 15.6 Å². The van der Waals surface area contributed by atoms with Gasteiger partial charge in [-0.2, -0.15) is 0 Å². The van der Waals surface area contributed by atoms with Gasteiger partial charge in [0.15, 0.2) is 5.13 Å². The highest BCUT2D eigenvalue weighted by atomic mass is 32.1. The maximum Gasteiger partial charge on any atom is 0.317 e. The monoisotopic (exact) mass is 313 g/mol. The molecule has 1 aromatic heterocycles. The summed E-state index contributed by atoms with van der Waals surface area (Å²) in [5.74, 6) is -0.391. The SMILES string of the molecule is CCNC(=O)C(C)Nc1nc(C(C)(C)C(=O)OCC)cs1.